The first-order valence-corrected chi connectivity index (χ1v) is 7.70. The van der Waals surface area contributed by atoms with Gasteiger partial charge in [-0.15, -0.1) is 0 Å². The number of hydrogen-bond acceptors (Lipinski definition) is 2. The normalized spacial score (nSPS) is 10.7. The van der Waals surface area contributed by atoms with E-state index in [2.05, 4.69) is 18.8 Å². The van der Waals surface area contributed by atoms with Crippen molar-refractivity contribution in [2.75, 3.05) is 0 Å². The number of aromatic amines is 1. The topological polar surface area (TPSA) is 42.1 Å². The molecule has 2 aromatic carbocycles. The molecule has 0 spiro atoms. The standard InChI is InChI=1S/C20H19NO2/c1-14(2)19-18(20(22)23-16-11-7-4-8-12-16)17(13-21-19)15-9-5-3-6-10-15/h3-14,21H,1-2H3. The molecule has 0 amide bonds. The molecule has 1 aromatic heterocycles. The van der Waals surface area contributed by atoms with Gasteiger partial charge in [0.05, 0.1) is 5.56 Å². The maximum absolute atomic E-state index is 12.8. The Hall–Kier alpha value is -2.81. The number of para-hydroxylation sites is 1. The van der Waals surface area contributed by atoms with Crippen LogP contribution in [-0.2, 0) is 0 Å². The fourth-order valence-corrected chi connectivity index (χ4v) is 2.61. The van der Waals surface area contributed by atoms with Crippen LogP contribution in [0.5, 0.6) is 5.75 Å². The van der Waals surface area contributed by atoms with Crippen LogP contribution in [0.2, 0.25) is 0 Å². The lowest BCUT2D eigenvalue weighted by Crippen LogP contribution is -2.12. The summed E-state index contributed by atoms with van der Waals surface area (Å²) in [7, 11) is 0. The fraction of sp³-hybridized carbons (Fsp3) is 0.150. The molecule has 116 valence electrons. The smallest absolute Gasteiger partial charge is 0.346 e. The summed E-state index contributed by atoms with van der Waals surface area (Å²) in [6, 6.07) is 19.0. The van der Waals surface area contributed by atoms with Gasteiger partial charge in [-0.1, -0.05) is 62.4 Å². The number of carbonyl (C=O) groups is 1. The molecule has 0 aliphatic rings. The second kappa shape index (κ2) is 6.53. The molecule has 0 saturated heterocycles. The van der Waals surface area contributed by atoms with E-state index in [1.54, 1.807) is 12.1 Å². The largest absolute Gasteiger partial charge is 0.423 e. The van der Waals surface area contributed by atoms with Gasteiger partial charge in [-0.05, 0) is 23.6 Å². The summed E-state index contributed by atoms with van der Waals surface area (Å²) < 4.78 is 5.55. The lowest BCUT2D eigenvalue weighted by Gasteiger charge is -2.10. The Morgan fingerprint density at radius 3 is 2.17 bits per heavy atom. The molecule has 0 fully saturated rings. The van der Waals surface area contributed by atoms with Gasteiger partial charge >= 0.3 is 5.97 Å². The molecule has 0 saturated carbocycles. The van der Waals surface area contributed by atoms with E-state index in [1.165, 1.54) is 0 Å². The van der Waals surface area contributed by atoms with E-state index in [-0.39, 0.29) is 11.9 Å². The summed E-state index contributed by atoms with van der Waals surface area (Å²) in [6.07, 6.45) is 1.88. The Morgan fingerprint density at radius 2 is 1.57 bits per heavy atom. The Balaban J connectivity index is 2.02. The van der Waals surface area contributed by atoms with Crippen LogP contribution in [0.3, 0.4) is 0 Å². The first kappa shape index (κ1) is 15.1. The Kier molecular flexibility index (Phi) is 4.29. The third-order valence-corrected chi connectivity index (χ3v) is 3.73. The van der Waals surface area contributed by atoms with Gasteiger partial charge in [0.1, 0.15) is 5.75 Å². The van der Waals surface area contributed by atoms with E-state index in [1.807, 2.05) is 54.7 Å². The maximum atomic E-state index is 12.8. The molecule has 3 aromatic rings. The molecule has 0 radical (unpaired) electrons. The van der Waals surface area contributed by atoms with Crippen molar-refractivity contribution in [2.24, 2.45) is 0 Å². The van der Waals surface area contributed by atoms with Crippen LogP contribution in [0.15, 0.2) is 66.9 Å². The van der Waals surface area contributed by atoms with Crippen molar-refractivity contribution in [1.29, 1.82) is 0 Å². The van der Waals surface area contributed by atoms with Gasteiger partial charge < -0.3 is 9.72 Å². The van der Waals surface area contributed by atoms with Crippen LogP contribution >= 0.6 is 0 Å². The Labute approximate surface area is 135 Å². The van der Waals surface area contributed by atoms with Crippen molar-refractivity contribution in [3.05, 3.63) is 78.1 Å². The van der Waals surface area contributed by atoms with E-state index in [0.29, 0.717) is 11.3 Å². The summed E-state index contributed by atoms with van der Waals surface area (Å²) in [5.41, 5.74) is 3.37. The number of aromatic nitrogens is 1. The molecular formula is C20H19NO2. The first-order chi connectivity index (χ1) is 11.2. The summed E-state index contributed by atoms with van der Waals surface area (Å²) in [5.74, 6) is 0.415. The zero-order valence-electron chi connectivity index (χ0n) is 13.2. The quantitative estimate of drug-likeness (QED) is 0.543. The van der Waals surface area contributed by atoms with E-state index >= 15 is 0 Å². The van der Waals surface area contributed by atoms with Crippen molar-refractivity contribution in [3.8, 4) is 16.9 Å². The van der Waals surface area contributed by atoms with Gasteiger partial charge in [-0.3, -0.25) is 0 Å². The van der Waals surface area contributed by atoms with Crippen LogP contribution in [0.25, 0.3) is 11.1 Å². The highest BCUT2D eigenvalue weighted by molar-refractivity contribution is 6.00. The molecule has 0 atom stereocenters. The van der Waals surface area contributed by atoms with Crippen LogP contribution in [0, 0.1) is 0 Å². The first-order valence-electron chi connectivity index (χ1n) is 7.70. The molecule has 0 bridgehead atoms. The maximum Gasteiger partial charge on any atom is 0.346 e. The average Bonchev–Trinajstić information content (AvgIpc) is 3.02. The van der Waals surface area contributed by atoms with Crippen molar-refractivity contribution < 1.29 is 9.53 Å². The molecule has 0 aliphatic heterocycles. The predicted molar refractivity (Wildman–Crippen MR) is 91.7 cm³/mol. The summed E-state index contributed by atoms with van der Waals surface area (Å²) in [4.78, 5) is 16.0. The van der Waals surface area contributed by atoms with Crippen LogP contribution < -0.4 is 4.74 Å². The lowest BCUT2D eigenvalue weighted by molar-refractivity contribution is 0.0734. The zero-order valence-corrected chi connectivity index (χ0v) is 13.2. The number of benzene rings is 2. The number of esters is 1. The third-order valence-electron chi connectivity index (χ3n) is 3.73. The zero-order chi connectivity index (χ0) is 16.2. The monoisotopic (exact) mass is 305 g/mol. The SMILES string of the molecule is CC(C)c1[nH]cc(-c2ccccc2)c1C(=O)Oc1ccccc1. The number of hydrogen-bond donors (Lipinski definition) is 1. The van der Waals surface area contributed by atoms with Crippen molar-refractivity contribution in [1.82, 2.24) is 4.98 Å². The minimum absolute atomic E-state index is 0.200. The van der Waals surface area contributed by atoms with Gasteiger partial charge in [-0.2, -0.15) is 0 Å². The number of H-pyrrole nitrogens is 1. The minimum Gasteiger partial charge on any atom is -0.423 e. The van der Waals surface area contributed by atoms with Gasteiger partial charge in [-0.25, -0.2) is 4.79 Å². The van der Waals surface area contributed by atoms with Crippen LogP contribution in [0.4, 0.5) is 0 Å². The molecule has 3 heteroatoms. The highest BCUT2D eigenvalue weighted by Gasteiger charge is 2.23. The number of ether oxygens (including phenoxy) is 1. The Morgan fingerprint density at radius 1 is 0.957 bits per heavy atom. The van der Waals surface area contributed by atoms with Crippen LogP contribution in [-0.4, -0.2) is 11.0 Å². The third kappa shape index (κ3) is 3.19. The lowest BCUT2D eigenvalue weighted by atomic mass is 9.99. The second-order valence-corrected chi connectivity index (χ2v) is 5.71. The van der Waals surface area contributed by atoms with Crippen molar-refractivity contribution in [2.45, 2.75) is 19.8 Å². The number of nitrogens with one attached hydrogen (secondary N) is 1. The highest BCUT2D eigenvalue weighted by Crippen LogP contribution is 2.31. The number of rotatable bonds is 4. The van der Waals surface area contributed by atoms with E-state index in [4.69, 9.17) is 4.74 Å². The molecule has 23 heavy (non-hydrogen) atoms. The molecular weight excluding hydrogens is 286 g/mol. The van der Waals surface area contributed by atoms with Gasteiger partial charge in [0, 0.05) is 17.5 Å². The van der Waals surface area contributed by atoms with Gasteiger partial charge in [0.2, 0.25) is 0 Å². The molecule has 0 unspecified atom stereocenters. The molecule has 0 aliphatic carbocycles. The molecule has 1 N–H and O–H groups in total. The minimum atomic E-state index is -0.333. The summed E-state index contributed by atoms with van der Waals surface area (Å²) in [5, 5.41) is 0. The molecule has 3 rings (SSSR count). The molecule has 1 heterocycles. The average molecular weight is 305 g/mol. The second-order valence-electron chi connectivity index (χ2n) is 5.71. The number of carbonyl (C=O) groups excluding carboxylic acids is 1. The van der Waals surface area contributed by atoms with E-state index in [9.17, 15) is 4.79 Å². The van der Waals surface area contributed by atoms with Gasteiger partial charge in [0.25, 0.3) is 0 Å². The van der Waals surface area contributed by atoms with Gasteiger partial charge in [0.15, 0.2) is 0 Å². The fourth-order valence-electron chi connectivity index (χ4n) is 2.61. The van der Waals surface area contributed by atoms with Crippen molar-refractivity contribution >= 4 is 5.97 Å². The Bertz CT molecular complexity index is 789. The highest BCUT2D eigenvalue weighted by atomic mass is 16.5. The predicted octanol–water partition coefficient (Wildman–Crippen LogP) is 5.02. The molecule has 3 nitrogen and oxygen atoms in total. The van der Waals surface area contributed by atoms with E-state index in [0.717, 1.165) is 16.8 Å². The van der Waals surface area contributed by atoms with Crippen molar-refractivity contribution in [3.63, 3.8) is 0 Å². The van der Waals surface area contributed by atoms with Crippen LogP contribution in [0.1, 0.15) is 35.8 Å². The summed E-state index contributed by atoms with van der Waals surface area (Å²) in [6.45, 7) is 4.11. The summed E-state index contributed by atoms with van der Waals surface area (Å²) >= 11 is 0. The van der Waals surface area contributed by atoms with E-state index < -0.39 is 0 Å².